The first-order chi connectivity index (χ1) is 16.4. The monoisotopic (exact) mass is 467 g/mol. The molecule has 0 saturated heterocycles. The van der Waals surface area contributed by atoms with Crippen molar-refractivity contribution in [3.8, 4) is 5.75 Å². The molecule has 0 fully saturated rings. The lowest BCUT2D eigenvalue weighted by Crippen LogP contribution is -2.44. The minimum absolute atomic E-state index is 0.115. The van der Waals surface area contributed by atoms with E-state index in [0.29, 0.717) is 30.2 Å². The van der Waals surface area contributed by atoms with Gasteiger partial charge in [-0.1, -0.05) is 31.2 Å². The van der Waals surface area contributed by atoms with E-state index in [1.165, 1.54) is 24.1 Å². The highest BCUT2D eigenvalue weighted by Crippen LogP contribution is 2.23. The van der Waals surface area contributed by atoms with E-state index in [-0.39, 0.29) is 31.4 Å². The summed E-state index contributed by atoms with van der Waals surface area (Å²) in [6.45, 7) is 4.55. The van der Waals surface area contributed by atoms with Gasteiger partial charge in [-0.3, -0.25) is 4.79 Å². The van der Waals surface area contributed by atoms with E-state index < -0.39 is 6.03 Å². The second-order valence-electron chi connectivity index (χ2n) is 7.94. The van der Waals surface area contributed by atoms with Gasteiger partial charge in [-0.25, -0.2) is 9.18 Å². The van der Waals surface area contributed by atoms with Crippen LogP contribution in [-0.4, -0.2) is 41.9 Å². The number of amides is 3. The van der Waals surface area contributed by atoms with E-state index >= 15 is 0 Å². The van der Waals surface area contributed by atoms with Crippen LogP contribution in [0.15, 0.2) is 65.1 Å². The molecule has 0 atom stereocenters. The van der Waals surface area contributed by atoms with E-state index in [2.05, 4.69) is 5.32 Å². The number of urea groups is 1. The Morgan fingerprint density at radius 3 is 2.38 bits per heavy atom. The fraction of sp³-hybridized carbons (Fsp3) is 0.308. The number of nitrogens with one attached hydrogen (secondary N) is 1. The average Bonchev–Trinajstić information content (AvgIpc) is 3.24. The molecule has 0 aliphatic carbocycles. The van der Waals surface area contributed by atoms with Crippen molar-refractivity contribution < 1.29 is 23.1 Å². The normalized spacial score (nSPS) is 10.6. The number of rotatable bonds is 10. The molecule has 0 radical (unpaired) electrons. The number of halogens is 1. The van der Waals surface area contributed by atoms with Crippen molar-refractivity contribution in [3.05, 3.63) is 83.6 Å². The van der Waals surface area contributed by atoms with Crippen LogP contribution in [0.25, 0.3) is 0 Å². The molecule has 3 rings (SSSR count). The van der Waals surface area contributed by atoms with Crippen molar-refractivity contribution >= 4 is 17.6 Å². The number of hydrogen-bond donors (Lipinski definition) is 1. The van der Waals surface area contributed by atoms with Crippen LogP contribution < -0.4 is 10.1 Å². The van der Waals surface area contributed by atoms with E-state index in [0.717, 1.165) is 11.3 Å². The van der Waals surface area contributed by atoms with Crippen molar-refractivity contribution in [2.24, 2.45) is 0 Å². The fourth-order valence-corrected chi connectivity index (χ4v) is 3.53. The van der Waals surface area contributed by atoms with Crippen LogP contribution in [0.3, 0.4) is 0 Å². The minimum atomic E-state index is -0.393. The maximum atomic E-state index is 13.4. The number of ether oxygens (including phenoxy) is 1. The smallest absolute Gasteiger partial charge is 0.322 e. The Hall–Kier alpha value is -3.81. The molecule has 2 aromatic carbocycles. The molecule has 1 N–H and O–H groups in total. The number of hydrogen-bond acceptors (Lipinski definition) is 4. The van der Waals surface area contributed by atoms with Gasteiger partial charge in [-0.05, 0) is 55.3 Å². The lowest BCUT2D eigenvalue weighted by Gasteiger charge is -2.27. The first kappa shape index (κ1) is 24.8. The Kier molecular flexibility index (Phi) is 8.67. The molecule has 0 unspecified atom stereocenters. The number of nitrogens with zero attached hydrogens (tertiary/aromatic N) is 2. The molecule has 1 aromatic heterocycles. The van der Waals surface area contributed by atoms with Gasteiger partial charge in [-0.2, -0.15) is 0 Å². The Bertz CT molecular complexity index is 1100. The predicted molar refractivity (Wildman–Crippen MR) is 128 cm³/mol. The molecule has 0 saturated carbocycles. The third kappa shape index (κ3) is 6.84. The molecule has 180 valence electrons. The molecule has 0 aliphatic rings. The van der Waals surface area contributed by atoms with Gasteiger partial charge in [-0.15, -0.1) is 0 Å². The third-order valence-electron chi connectivity index (χ3n) is 5.24. The van der Waals surface area contributed by atoms with Gasteiger partial charge in [0.25, 0.3) is 0 Å². The summed E-state index contributed by atoms with van der Waals surface area (Å²) in [5, 5.41) is 2.83. The summed E-state index contributed by atoms with van der Waals surface area (Å²) in [6, 6.07) is 16.4. The van der Waals surface area contributed by atoms with E-state index in [4.69, 9.17) is 9.15 Å². The lowest BCUT2D eigenvalue weighted by atomic mass is 10.2. The second-order valence-corrected chi connectivity index (χ2v) is 7.94. The van der Waals surface area contributed by atoms with Gasteiger partial charge in [0.1, 0.15) is 29.6 Å². The Balaban J connectivity index is 1.76. The minimum Gasteiger partial charge on any atom is -0.495 e. The first-order valence-electron chi connectivity index (χ1n) is 11.2. The van der Waals surface area contributed by atoms with Gasteiger partial charge in [0.2, 0.25) is 5.91 Å². The molecular formula is C26H30FN3O4. The van der Waals surface area contributed by atoms with Crippen LogP contribution in [0.2, 0.25) is 0 Å². The second kappa shape index (κ2) is 11.9. The topological polar surface area (TPSA) is 75.0 Å². The summed E-state index contributed by atoms with van der Waals surface area (Å²) in [7, 11) is 1.53. The number of furan rings is 1. The highest BCUT2D eigenvalue weighted by atomic mass is 19.1. The van der Waals surface area contributed by atoms with Crippen molar-refractivity contribution in [2.45, 2.75) is 33.4 Å². The first-order valence-corrected chi connectivity index (χ1v) is 11.2. The molecule has 0 bridgehead atoms. The van der Waals surface area contributed by atoms with Crippen molar-refractivity contribution in [1.82, 2.24) is 9.80 Å². The van der Waals surface area contributed by atoms with Crippen LogP contribution in [0.4, 0.5) is 14.9 Å². The van der Waals surface area contributed by atoms with E-state index in [1.54, 1.807) is 35.2 Å². The number of aryl methyl sites for hydroxylation is 1. The van der Waals surface area contributed by atoms with Crippen LogP contribution in [-0.2, 0) is 17.9 Å². The Morgan fingerprint density at radius 2 is 1.74 bits per heavy atom. The van der Waals surface area contributed by atoms with Crippen molar-refractivity contribution in [3.63, 3.8) is 0 Å². The molecule has 0 spiro atoms. The number of carbonyl (C=O) groups excluding carboxylic acids is 2. The molecule has 7 nitrogen and oxygen atoms in total. The van der Waals surface area contributed by atoms with E-state index in [9.17, 15) is 14.0 Å². The van der Waals surface area contributed by atoms with Gasteiger partial charge in [0.05, 0.1) is 19.3 Å². The molecular weight excluding hydrogens is 437 g/mol. The number of anilines is 1. The summed E-state index contributed by atoms with van der Waals surface area (Å²) < 4.78 is 24.3. The number of carbonyl (C=O) groups is 2. The third-order valence-corrected chi connectivity index (χ3v) is 5.24. The van der Waals surface area contributed by atoms with Crippen LogP contribution in [0.5, 0.6) is 5.75 Å². The largest absolute Gasteiger partial charge is 0.495 e. The standard InChI is InChI=1S/C26H30FN3O4/c1-4-15-29(26(32)28-23-7-5-6-8-24(23)33-3)18-25(31)30(17-22-14-9-19(2)34-22)16-20-10-12-21(27)13-11-20/h5-14H,4,15-18H2,1-3H3,(H,28,32). The molecule has 34 heavy (non-hydrogen) atoms. The Labute approximate surface area is 199 Å². The fourth-order valence-electron chi connectivity index (χ4n) is 3.53. The average molecular weight is 468 g/mol. The summed E-state index contributed by atoms with van der Waals surface area (Å²) in [6.07, 6.45) is 0.683. The zero-order valence-corrected chi connectivity index (χ0v) is 19.7. The number of benzene rings is 2. The lowest BCUT2D eigenvalue weighted by molar-refractivity contribution is -0.133. The van der Waals surface area contributed by atoms with Gasteiger partial charge < -0.3 is 24.3 Å². The zero-order chi connectivity index (χ0) is 24.5. The van der Waals surface area contributed by atoms with Crippen LogP contribution in [0, 0.1) is 12.7 Å². The summed E-state index contributed by atoms with van der Waals surface area (Å²) >= 11 is 0. The maximum Gasteiger partial charge on any atom is 0.322 e. The van der Waals surface area contributed by atoms with Crippen LogP contribution >= 0.6 is 0 Å². The summed E-state index contributed by atoms with van der Waals surface area (Å²) in [5.74, 6) is 1.32. The number of methoxy groups -OCH3 is 1. The zero-order valence-electron chi connectivity index (χ0n) is 19.7. The highest BCUT2D eigenvalue weighted by molar-refractivity contribution is 5.93. The molecule has 3 aromatic rings. The maximum absolute atomic E-state index is 13.4. The van der Waals surface area contributed by atoms with Gasteiger partial charge in [0, 0.05) is 13.1 Å². The van der Waals surface area contributed by atoms with Crippen molar-refractivity contribution in [1.29, 1.82) is 0 Å². The molecule has 8 heteroatoms. The highest BCUT2D eigenvalue weighted by Gasteiger charge is 2.23. The SMILES string of the molecule is CCCN(CC(=O)N(Cc1ccc(F)cc1)Cc1ccc(C)o1)C(=O)Nc1ccccc1OC. The summed E-state index contributed by atoms with van der Waals surface area (Å²) in [5.41, 5.74) is 1.30. The van der Waals surface area contributed by atoms with Gasteiger partial charge in [0.15, 0.2) is 0 Å². The number of para-hydroxylation sites is 2. The molecule has 3 amide bonds. The van der Waals surface area contributed by atoms with Crippen LogP contribution in [0.1, 0.15) is 30.4 Å². The summed E-state index contributed by atoms with van der Waals surface area (Å²) in [4.78, 5) is 29.4. The molecule has 1 heterocycles. The quantitative estimate of drug-likeness (QED) is 0.444. The van der Waals surface area contributed by atoms with E-state index in [1.807, 2.05) is 32.0 Å². The molecule has 0 aliphatic heterocycles. The predicted octanol–water partition coefficient (Wildman–Crippen LogP) is 5.21. The Morgan fingerprint density at radius 1 is 1.00 bits per heavy atom. The van der Waals surface area contributed by atoms with Crippen molar-refractivity contribution in [2.75, 3.05) is 25.5 Å². The van der Waals surface area contributed by atoms with Gasteiger partial charge >= 0.3 is 6.03 Å².